The average molecular weight is 310 g/mol. The lowest BCUT2D eigenvalue weighted by Gasteiger charge is -2.14. The topological polar surface area (TPSA) is 66.4 Å². The van der Waals surface area contributed by atoms with Crippen LogP contribution in [0, 0.1) is 0 Å². The molecule has 4 nitrogen and oxygen atoms in total. The molecule has 0 spiro atoms. The summed E-state index contributed by atoms with van der Waals surface area (Å²) in [6.45, 7) is 1.82. The number of amides is 1. The summed E-state index contributed by atoms with van der Waals surface area (Å²) in [5.74, 6) is -1.34. The van der Waals surface area contributed by atoms with Gasteiger partial charge in [0.25, 0.3) is 5.91 Å². The van der Waals surface area contributed by atoms with E-state index in [1.807, 2.05) is 25.1 Å². The van der Waals surface area contributed by atoms with E-state index >= 15 is 0 Å². The Hall–Kier alpha value is -1.85. The number of aromatic carboxylic acids is 1. The second-order valence-electron chi connectivity index (χ2n) is 4.19. The van der Waals surface area contributed by atoms with Crippen LogP contribution in [0.1, 0.15) is 37.9 Å². The lowest BCUT2D eigenvalue weighted by atomic mass is 10.1. The van der Waals surface area contributed by atoms with E-state index in [-0.39, 0.29) is 16.8 Å². The highest BCUT2D eigenvalue weighted by atomic mass is 35.5. The summed E-state index contributed by atoms with van der Waals surface area (Å²) < 4.78 is 0. The van der Waals surface area contributed by atoms with E-state index in [2.05, 4.69) is 5.32 Å². The fourth-order valence-corrected chi connectivity index (χ4v) is 2.79. The fourth-order valence-electron chi connectivity index (χ4n) is 1.75. The molecule has 0 bridgehead atoms. The number of carbonyl (C=O) groups is 2. The molecule has 2 N–H and O–H groups in total. The van der Waals surface area contributed by atoms with Gasteiger partial charge < -0.3 is 10.4 Å². The average Bonchev–Trinajstić information content (AvgIpc) is 2.88. The quantitative estimate of drug-likeness (QED) is 0.907. The molecule has 2 aromatic rings. The van der Waals surface area contributed by atoms with Crippen molar-refractivity contribution in [2.45, 2.75) is 13.0 Å². The molecular weight excluding hydrogens is 298 g/mol. The van der Waals surface area contributed by atoms with Gasteiger partial charge in [-0.05, 0) is 30.7 Å². The largest absolute Gasteiger partial charge is 0.477 e. The van der Waals surface area contributed by atoms with Crippen LogP contribution >= 0.6 is 22.9 Å². The predicted molar refractivity (Wildman–Crippen MR) is 78.6 cm³/mol. The first kappa shape index (κ1) is 14.6. The van der Waals surface area contributed by atoms with Crippen LogP contribution in [0.5, 0.6) is 0 Å². The third-order valence-corrected chi connectivity index (χ3v) is 4.18. The number of hydrogen-bond donors (Lipinski definition) is 2. The molecular formula is C14H12ClNO3S. The molecule has 2 rings (SSSR count). The van der Waals surface area contributed by atoms with E-state index < -0.39 is 5.97 Å². The molecule has 0 aliphatic rings. The maximum atomic E-state index is 12.0. The van der Waals surface area contributed by atoms with E-state index in [4.69, 9.17) is 16.7 Å². The maximum Gasteiger partial charge on any atom is 0.345 e. The molecule has 1 heterocycles. The van der Waals surface area contributed by atoms with E-state index in [0.717, 1.165) is 16.9 Å². The number of carbonyl (C=O) groups excluding carboxylic acids is 1. The number of carboxylic acid groups (broad SMARTS) is 1. The Labute approximate surface area is 125 Å². The number of hydrogen-bond acceptors (Lipinski definition) is 3. The molecule has 0 radical (unpaired) electrons. The summed E-state index contributed by atoms with van der Waals surface area (Å²) in [5.41, 5.74) is 0.817. The predicted octanol–water partition coefficient (Wildman–Crippen LogP) is 3.59. The van der Waals surface area contributed by atoms with E-state index in [0.29, 0.717) is 9.90 Å². The number of carboxylic acids is 1. The SMILES string of the molecule is CC(NC(=O)c1ccc(C(=O)O)s1)c1ccccc1Cl. The summed E-state index contributed by atoms with van der Waals surface area (Å²) in [7, 11) is 0. The van der Waals surface area contributed by atoms with Gasteiger partial charge in [0.15, 0.2) is 0 Å². The molecule has 0 saturated carbocycles. The van der Waals surface area contributed by atoms with Crippen molar-refractivity contribution in [1.82, 2.24) is 5.32 Å². The molecule has 1 unspecified atom stereocenters. The highest BCUT2D eigenvalue weighted by molar-refractivity contribution is 7.15. The molecule has 1 amide bonds. The van der Waals surface area contributed by atoms with Crippen LogP contribution < -0.4 is 5.32 Å². The highest BCUT2D eigenvalue weighted by Crippen LogP contribution is 2.23. The molecule has 0 saturated heterocycles. The zero-order chi connectivity index (χ0) is 14.7. The van der Waals surface area contributed by atoms with Gasteiger partial charge in [0, 0.05) is 5.02 Å². The van der Waals surface area contributed by atoms with Gasteiger partial charge in [0.05, 0.1) is 10.9 Å². The van der Waals surface area contributed by atoms with E-state index in [9.17, 15) is 9.59 Å². The Bertz CT molecular complexity index is 653. The highest BCUT2D eigenvalue weighted by Gasteiger charge is 2.16. The minimum Gasteiger partial charge on any atom is -0.477 e. The Morgan fingerprint density at radius 2 is 1.85 bits per heavy atom. The molecule has 20 heavy (non-hydrogen) atoms. The Morgan fingerprint density at radius 1 is 1.20 bits per heavy atom. The molecule has 0 aliphatic heterocycles. The van der Waals surface area contributed by atoms with Gasteiger partial charge in [-0.1, -0.05) is 29.8 Å². The summed E-state index contributed by atoms with van der Waals surface area (Å²) in [6, 6.07) is 9.92. The van der Waals surface area contributed by atoms with Crippen molar-refractivity contribution in [1.29, 1.82) is 0 Å². The van der Waals surface area contributed by atoms with E-state index in [1.54, 1.807) is 6.07 Å². The van der Waals surface area contributed by atoms with Crippen LogP contribution in [-0.2, 0) is 0 Å². The van der Waals surface area contributed by atoms with Crippen LogP contribution in [0.15, 0.2) is 36.4 Å². The third-order valence-electron chi connectivity index (χ3n) is 2.76. The molecule has 1 atom stereocenters. The van der Waals surface area contributed by atoms with Crippen molar-refractivity contribution in [3.05, 3.63) is 56.7 Å². The Kier molecular flexibility index (Phi) is 4.42. The molecule has 6 heteroatoms. The van der Waals surface area contributed by atoms with Crippen molar-refractivity contribution in [3.8, 4) is 0 Å². The van der Waals surface area contributed by atoms with Gasteiger partial charge in [-0.25, -0.2) is 4.79 Å². The van der Waals surface area contributed by atoms with Crippen LogP contribution in [0.3, 0.4) is 0 Å². The van der Waals surface area contributed by atoms with Crippen LogP contribution in [-0.4, -0.2) is 17.0 Å². The van der Waals surface area contributed by atoms with Crippen molar-refractivity contribution < 1.29 is 14.7 Å². The van der Waals surface area contributed by atoms with Crippen LogP contribution in [0.2, 0.25) is 5.02 Å². The summed E-state index contributed by atoms with van der Waals surface area (Å²) >= 11 is 7.01. The number of rotatable bonds is 4. The summed E-state index contributed by atoms with van der Waals surface area (Å²) in [6.07, 6.45) is 0. The second-order valence-corrected chi connectivity index (χ2v) is 5.68. The van der Waals surface area contributed by atoms with Gasteiger partial charge >= 0.3 is 5.97 Å². The van der Waals surface area contributed by atoms with Gasteiger partial charge in [-0.2, -0.15) is 0 Å². The minimum absolute atomic E-state index is 0.139. The zero-order valence-electron chi connectivity index (χ0n) is 10.6. The third kappa shape index (κ3) is 3.18. The van der Waals surface area contributed by atoms with Gasteiger partial charge in [-0.3, -0.25) is 4.79 Å². The van der Waals surface area contributed by atoms with Crippen molar-refractivity contribution in [3.63, 3.8) is 0 Å². The van der Waals surface area contributed by atoms with Gasteiger partial charge in [-0.15, -0.1) is 11.3 Å². The van der Waals surface area contributed by atoms with Crippen molar-refractivity contribution in [2.75, 3.05) is 0 Å². The minimum atomic E-state index is -1.03. The fraction of sp³-hybridized carbons (Fsp3) is 0.143. The molecule has 104 valence electrons. The van der Waals surface area contributed by atoms with Crippen molar-refractivity contribution in [2.24, 2.45) is 0 Å². The first-order valence-corrected chi connectivity index (χ1v) is 7.07. The lowest BCUT2D eigenvalue weighted by molar-refractivity contribution is 0.0702. The summed E-state index contributed by atoms with van der Waals surface area (Å²) in [4.78, 5) is 23.3. The molecule has 0 aliphatic carbocycles. The standard InChI is InChI=1S/C14H12ClNO3S/c1-8(9-4-2-3-5-10(9)15)16-13(17)11-6-7-12(20-11)14(18)19/h2-8H,1H3,(H,16,17)(H,18,19). The van der Waals surface area contributed by atoms with Crippen LogP contribution in [0.25, 0.3) is 0 Å². The van der Waals surface area contributed by atoms with Gasteiger partial charge in [0.1, 0.15) is 4.88 Å². The van der Waals surface area contributed by atoms with Gasteiger partial charge in [0.2, 0.25) is 0 Å². The number of benzene rings is 1. The zero-order valence-corrected chi connectivity index (χ0v) is 12.2. The Morgan fingerprint density at radius 3 is 2.45 bits per heavy atom. The monoisotopic (exact) mass is 309 g/mol. The normalized spacial score (nSPS) is 11.9. The van der Waals surface area contributed by atoms with E-state index in [1.165, 1.54) is 12.1 Å². The first-order valence-electron chi connectivity index (χ1n) is 5.87. The number of thiophene rings is 1. The Balaban J connectivity index is 2.11. The number of nitrogens with one attached hydrogen (secondary N) is 1. The lowest BCUT2D eigenvalue weighted by Crippen LogP contribution is -2.26. The maximum absolute atomic E-state index is 12.0. The summed E-state index contributed by atoms with van der Waals surface area (Å²) in [5, 5.41) is 12.2. The number of halogens is 1. The first-order chi connectivity index (χ1) is 9.49. The molecule has 0 fully saturated rings. The molecule has 1 aromatic heterocycles. The van der Waals surface area contributed by atoms with Crippen LogP contribution in [0.4, 0.5) is 0 Å². The smallest absolute Gasteiger partial charge is 0.345 e. The second kappa shape index (κ2) is 6.07. The van der Waals surface area contributed by atoms with Crippen molar-refractivity contribution >= 4 is 34.8 Å². The molecule has 1 aromatic carbocycles.